The third-order valence-corrected chi connectivity index (χ3v) is 2.90. The molecule has 0 saturated heterocycles. The van der Waals surface area contributed by atoms with Crippen molar-refractivity contribution in [2.45, 2.75) is 0 Å². The molecule has 21 heavy (non-hydrogen) atoms. The molecule has 4 nitrogen and oxygen atoms in total. The smallest absolute Gasteiger partial charge is 0.271 e. The molecule has 2 rings (SSSR count). The summed E-state index contributed by atoms with van der Waals surface area (Å²) in [4.78, 5) is 13.8. The van der Waals surface area contributed by atoms with E-state index in [0.717, 1.165) is 5.69 Å². The van der Waals surface area contributed by atoms with E-state index in [9.17, 15) is 9.18 Å². The number of halogens is 1. The summed E-state index contributed by atoms with van der Waals surface area (Å²) in [6.07, 6.45) is 1.46. The van der Waals surface area contributed by atoms with Gasteiger partial charge in [0.25, 0.3) is 5.91 Å². The highest BCUT2D eigenvalue weighted by molar-refractivity contribution is 5.95. The monoisotopic (exact) mass is 285 g/mol. The number of carbonyl (C=O) groups excluding carboxylic acids is 1. The van der Waals surface area contributed by atoms with E-state index in [2.05, 4.69) is 10.5 Å². The van der Waals surface area contributed by atoms with Crippen molar-refractivity contribution in [3.63, 3.8) is 0 Å². The van der Waals surface area contributed by atoms with Crippen molar-refractivity contribution >= 4 is 17.8 Å². The van der Waals surface area contributed by atoms with E-state index >= 15 is 0 Å². The highest BCUT2D eigenvalue weighted by atomic mass is 19.1. The molecule has 1 amide bonds. The first-order valence-electron chi connectivity index (χ1n) is 6.42. The summed E-state index contributed by atoms with van der Waals surface area (Å²) >= 11 is 0. The van der Waals surface area contributed by atoms with Gasteiger partial charge in [0.15, 0.2) is 0 Å². The van der Waals surface area contributed by atoms with Crippen LogP contribution in [0.2, 0.25) is 0 Å². The van der Waals surface area contributed by atoms with Crippen LogP contribution in [-0.4, -0.2) is 26.2 Å². The van der Waals surface area contributed by atoms with E-state index in [0.29, 0.717) is 11.1 Å². The van der Waals surface area contributed by atoms with Crippen LogP contribution in [0.5, 0.6) is 0 Å². The van der Waals surface area contributed by atoms with Gasteiger partial charge in [-0.1, -0.05) is 12.1 Å². The van der Waals surface area contributed by atoms with Crippen LogP contribution in [0.3, 0.4) is 0 Å². The first kappa shape index (κ1) is 14.7. The number of benzene rings is 2. The predicted octanol–water partition coefficient (Wildman–Crippen LogP) is 2.66. The van der Waals surface area contributed by atoms with Crippen LogP contribution in [0, 0.1) is 5.82 Å². The molecule has 0 saturated carbocycles. The maximum Gasteiger partial charge on any atom is 0.271 e. The fraction of sp³-hybridized carbons (Fsp3) is 0.125. The second-order valence-corrected chi connectivity index (χ2v) is 4.69. The summed E-state index contributed by atoms with van der Waals surface area (Å²) in [6.45, 7) is 0. The summed E-state index contributed by atoms with van der Waals surface area (Å²) in [5.41, 5.74) is 4.68. The lowest BCUT2D eigenvalue weighted by molar-refractivity contribution is 0.0955. The minimum absolute atomic E-state index is 0.293. The molecule has 108 valence electrons. The minimum atomic E-state index is -0.308. The van der Waals surface area contributed by atoms with Gasteiger partial charge < -0.3 is 4.90 Å². The van der Waals surface area contributed by atoms with Crippen LogP contribution in [-0.2, 0) is 0 Å². The Kier molecular flexibility index (Phi) is 4.66. The lowest BCUT2D eigenvalue weighted by atomic mass is 10.2. The highest BCUT2D eigenvalue weighted by Crippen LogP contribution is 2.12. The number of hydrogen-bond donors (Lipinski definition) is 1. The van der Waals surface area contributed by atoms with Crippen LogP contribution in [0.4, 0.5) is 10.1 Å². The zero-order valence-corrected chi connectivity index (χ0v) is 11.9. The number of rotatable bonds is 4. The Morgan fingerprint density at radius 2 is 1.71 bits per heavy atom. The largest absolute Gasteiger partial charge is 0.378 e. The third-order valence-electron chi connectivity index (χ3n) is 2.90. The fourth-order valence-electron chi connectivity index (χ4n) is 1.69. The van der Waals surface area contributed by atoms with Crippen LogP contribution in [0.1, 0.15) is 15.9 Å². The number of carbonyl (C=O) groups is 1. The van der Waals surface area contributed by atoms with Gasteiger partial charge >= 0.3 is 0 Å². The van der Waals surface area contributed by atoms with Crippen LogP contribution >= 0.6 is 0 Å². The molecule has 5 heteroatoms. The molecule has 0 radical (unpaired) electrons. The summed E-state index contributed by atoms with van der Waals surface area (Å²) < 4.78 is 12.7. The number of amides is 1. The SMILES string of the molecule is CN(C)c1ccc(C(=O)N/N=C/c2ccc(F)cc2)cc1. The average molecular weight is 285 g/mol. The summed E-state index contributed by atoms with van der Waals surface area (Å²) in [5.74, 6) is -0.601. The molecule has 0 aromatic heterocycles. The van der Waals surface area contributed by atoms with E-state index in [1.165, 1.54) is 18.3 Å². The Morgan fingerprint density at radius 3 is 2.29 bits per heavy atom. The molecule has 2 aromatic rings. The van der Waals surface area contributed by atoms with Gasteiger partial charge in [0, 0.05) is 25.3 Å². The van der Waals surface area contributed by atoms with Crippen molar-refractivity contribution in [1.29, 1.82) is 0 Å². The minimum Gasteiger partial charge on any atom is -0.378 e. The molecule has 0 atom stereocenters. The molecule has 2 aromatic carbocycles. The van der Waals surface area contributed by atoms with Gasteiger partial charge in [-0.25, -0.2) is 9.82 Å². The number of nitrogens with zero attached hydrogens (tertiary/aromatic N) is 2. The van der Waals surface area contributed by atoms with Gasteiger partial charge in [-0.05, 0) is 42.0 Å². The molecule has 0 aliphatic heterocycles. The Morgan fingerprint density at radius 1 is 1.10 bits per heavy atom. The first-order chi connectivity index (χ1) is 10.1. The standard InChI is InChI=1S/C16H16FN3O/c1-20(2)15-9-5-13(6-10-15)16(21)19-18-11-12-3-7-14(17)8-4-12/h3-11H,1-2H3,(H,19,21)/b18-11+. The van der Waals surface area contributed by atoms with Crippen molar-refractivity contribution in [2.24, 2.45) is 5.10 Å². The zero-order valence-electron chi connectivity index (χ0n) is 11.9. The summed E-state index contributed by atoms with van der Waals surface area (Å²) in [5, 5.41) is 3.85. The molecule has 1 N–H and O–H groups in total. The van der Waals surface area contributed by atoms with Crippen molar-refractivity contribution in [3.05, 3.63) is 65.5 Å². The number of hydrogen-bond acceptors (Lipinski definition) is 3. The van der Waals surface area contributed by atoms with Crippen LogP contribution in [0.25, 0.3) is 0 Å². The van der Waals surface area contributed by atoms with Crippen molar-refractivity contribution in [2.75, 3.05) is 19.0 Å². The van der Waals surface area contributed by atoms with Gasteiger partial charge in [-0.2, -0.15) is 5.10 Å². The van der Waals surface area contributed by atoms with Crippen LogP contribution < -0.4 is 10.3 Å². The van der Waals surface area contributed by atoms with Crippen molar-refractivity contribution < 1.29 is 9.18 Å². The van der Waals surface area contributed by atoms with Gasteiger partial charge in [0.1, 0.15) is 5.82 Å². The average Bonchev–Trinajstić information content (AvgIpc) is 2.49. The molecule has 0 fully saturated rings. The third kappa shape index (κ3) is 4.14. The van der Waals surface area contributed by atoms with E-state index < -0.39 is 0 Å². The van der Waals surface area contributed by atoms with Gasteiger partial charge in [0.05, 0.1) is 6.21 Å². The Labute approximate surface area is 122 Å². The maximum absolute atomic E-state index is 12.7. The Bertz CT molecular complexity index is 634. The van der Waals surface area contributed by atoms with Crippen LogP contribution in [0.15, 0.2) is 53.6 Å². The molecule has 0 heterocycles. The van der Waals surface area contributed by atoms with E-state index in [1.807, 2.05) is 31.1 Å². The van der Waals surface area contributed by atoms with E-state index in [-0.39, 0.29) is 11.7 Å². The maximum atomic E-state index is 12.7. The lowest BCUT2D eigenvalue weighted by Gasteiger charge is -2.12. The number of anilines is 1. The molecule has 0 spiro atoms. The first-order valence-corrected chi connectivity index (χ1v) is 6.42. The fourth-order valence-corrected chi connectivity index (χ4v) is 1.69. The second kappa shape index (κ2) is 6.65. The zero-order chi connectivity index (χ0) is 15.2. The molecule has 0 unspecified atom stereocenters. The molecule has 0 aliphatic rings. The number of nitrogens with one attached hydrogen (secondary N) is 1. The molecule has 0 aliphatic carbocycles. The van der Waals surface area contributed by atoms with Gasteiger partial charge in [0.2, 0.25) is 0 Å². The second-order valence-electron chi connectivity index (χ2n) is 4.69. The topological polar surface area (TPSA) is 44.7 Å². The van der Waals surface area contributed by atoms with E-state index in [1.54, 1.807) is 24.3 Å². The van der Waals surface area contributed by atoms with Crippen molar-refractivity contribution in [3.8, 4) is 0 Å². The summed E-state index contributed by atoms with van der Waals surface area (Å²) in [6, 6.07) is 13.0. The van der Waals surface area contributed by atoms with Gasteiger partial charge in [-0.15, -0.1) is 0 Å². The normalized spacial score (nSPS) is 10.6. The number of hydrazone groups is 1. The molecular formula is C16H16FN3O. The molecule has 0 bridgehead atoms. The highest BCUT2D eigenvalue weighted by Gasteiger charge is 2.04. The molecular weight excluding hydrogens is 269 g/mol. The Hall–Kier alpha value is -2.69. The quantitative estimate of drug-likeness (QED) is 0.693. The summed E-state index contributed by atoms with van der Waals surface area (Å²) in [7, 11) is 3.87. The van der Waals surface area contributed by atoms with E-state index in [4.69, 9.17) is 0 Å². The van der Waals surface area contributed by atoms with Gasteiger partial charge in [-0.3, -0.25) is 4.79 Å². The lowest BCUT2D eigenvalue weighted by Crippen LogP contribution is -2.17. The van der Waals surface area contributed by atoms with Crippen molar-refractivity contribution in [1.82, 2.24) is 5.43 Å². The Balaban J connectivity index is 1.96. The predicted molar refractivity (Wildman–Crippen MR) is 82.2 cm³/mol.